The average molecular weight is 313 g/mol. The summed E-state index contributed by atoms with van der Waals surface area (Å²) in [5.41, 5.74) is 0.601. The Hall–Kier alpha value is -1.78. The molecule has 0 saturated carbocycles. The topological polar surface area (TPSA) is 41.1 Å². The van der Waals surface area contributed by atoms with E-state index < -0.39 is 11.7 Å². The van der Waals surface area contributed by atoms with E-state index in [2.05, 4.69) is 10.6 Å². The van der Waals surface area contributed by atoms with Crippen molar-refractivity contribution in [2.45, 2.75) is 0 Å². The van der Waals surface area contributed by atoms with Gasteiger partial charge in [-0.25, -0.2) is 4.39 Å². The fraction of sp³-hybridized carbons (Fsp3) is 0.0714. The normalized spacial score (nSPS) is 10.2. The Kier molecular flexibility index (Phi) is 4.82. The van der Waals surface area contributed by atoms with Crippen molar-refractivity contribution >= 4 is 40.5 Å². The minimum Gasteiger partial charge on any atom is -0.374 e. The summed E-state index contributed by atoms with van der Waals surface area (Å²) in [6, 6.07) is 11.0. The molecule has 2 rings (SSSR count). The molecule has 104 valence electrons. The smallest absolute Gasteiger partial charge is 0.243 e. The van der Waals surface area contributed by atoms with Crippen molar-refractivity contribution in [1.82, 2.24) is 0 Å². The Morgan fingerprint density at radius 2 is 1.70 bits per heavy atom. The van der Waals surface area contributed by atoms with Crippen LogP contribution < -0.4 is 10.6 Å². The highest BCUT2D eigenvalue weighted by Crippen LogP contribution is 2.29. The number of nitrogens with one attached hydrogen (secondary N) is 2. The number of hydrogen-bond donors (Lipinski definition) is 2. The maximum atomic E-state index is 13.4. The Morgan fingerprint density at radius 3 is 2.35 bits per heavy atom. The number of halogens is 3. The Bertz CT molecular complexity index is 614. The molecule has 0 spiro atoms. The maximum absolute atomic E-state index is 13.4. The van der Waals surface area contributed by atoms with Crippen LogP contribution in [0.1, 0.15) is 0 Å². The molecular weight excluding hydrogens is 302 g/mol. The summed E-state index contributed by atoms with van der Waals surface area (Å²) in [4.78, 5) is 11.7. The molecule has 2 aromatic rings. The third-order valence-corrected chi connectivity index (χ3v) is 3.17. The van der Waals surface area contributed by atoms with Crippen LogP contribution in [0.15, 0.2) is 42.5 Å². The monoisotopic (exact) mass is 312 g/mol. The molecule has 1 amide bonds. The molecule has 0 fully saturated rings. The first-order valence-corrected chi connectivity index (χ1v) is 6.56. The Balaban J connectivity index is 1.98. The first-order chi connectivity index (χ1) is 9.58. The number of anilines is 2. The summed E-state index contributed by atoms with van der Waals surface area (Å²) >= 11 is 11.9. The molecular formula is C14H11Cl2FN2O. The second kappa shape index (κ2) is 6.59. The second-order valence-corrected chi connectivity index (χ2v) is 4.79. The fourth-order valence-corrected chi connectivity index (χ4v) is 2.12. The van der Waals surface area contributed by atoms with Crippen molar-refractivity contribution in [3.63, 3.8) is 0 Å². The van der Waals surface area contributed by atoms with E-state index in [4.69, 9.17) is 23.2 Å². The standard InChI is InChI=1S/C14H11Cl2FN2O/c15-9-4-3-5-10(16)14(9)18-8-13(20)19-12-7-2-1-6-11(12)17/h1-7,18H,8H2,(H,19,20). The number of amides is 1. The van der Waals surface area contributed by atoms with Crippen molar-refractivity contribution in [2.24, 2.45) is 0 Å². The van der Waals surface area contributed by atoms with E-state index in [1.807, 2.05) is 0 Å². The van der Waals surface area contributed by atoms with Crippen LogP contribution in [-0.4, -0.2) is 12.5 Å². The maximum Gasteiger partial charge on any atom is 0.243 e. The minimum atomic E-state index is -0.489. The van der Waals surface area contributed by atoms with Crippen LogP contribution in [-0.2, 0) is 4.79 Å². The van der Waals surface area contributed by atoms with Crippen molar-refractivity contribution in [2.75, 3.05) is 17.2 Å². The molecule has 0 radical (unpaired) electrons. The molecule has 0 saturated heterocycles. The van der Waals surface area contributed by atoms with Crippen molar-refractivity contribution in [3.8, 4) is 0 Å². The van der Waals surface area contributed by atoms with Gasteiger partial charge in [-0.15, -0.1) is 0 Å². The molecule has 0 heterocycles. The van der Waals surface area contributed by atoms with Gasteiger partial charge >= 0.3 is 0 Å². The minimum absolute atomic E-state index is 0.0716. The van der Waals surface area contributed by atoms with Gasteiger partial charge in [-0.05, 0) is 24.3 Å². The Morgan fingerprint density at radius 1 is 1.05 bits per heavy atom. The SMILES string of the molecule is O=C(CNc1c(Cl)cccc1Cl)Nc1ccccc1F. The third kappa shape index (κ3) is 3.62. The summed E-state index contributed by atoms with van der Waals surface area (Å²) in [5, 5.41) is 6.11. The average Bonchev–Trinajstić information content (AvgIpc) is 2.41. The highest BCUT2D eigenvalue weighted by Gasteiger charge is 2.09. The number of carbonyl (C=O) groups excluding carboxylic acids is 1. The molecule has 0 aliphatic carbocycles. The zero-order chi connectivity index (χ0) is 14.5. The highest BCUT2D eigenvalue weighted by atomic mass is 35.5. The van der Waals surface area contributed by atoms with Crippen LogP contribution in [0.3, 0.4) is 0 Å². The first kappa shape index (κ1) is 14.6. The summed E-state index contributed by atoms with van der Waals surface area (Å²) in [5.74, 6) is -0.886. The first-order valence-electron chi connectivity index (χ1n) is 5.80. The molecule has 0 aliphatic rings. The van der Waals surface area contributed by atoms with Crippen molar-refractivity contribution in [1.29, 1.82) is 0 Å². The zero-order valence-electron chi connectivity index (χ0n) is 10.3. The van der Waals surface area contributed by atoms with Crippen molar-refractivity contribution < 1.29 is 9.18 Å². The van der Waals surface area contributed by atoms with E-state index in [1.165, 1.54) is 12.1 Å². The molecule has 0 aliphatic heterocycles. The summed E-state index contributed by atoms with van der Waals surface area (Å²) in [7, 11) is 0. The molecule has 0 bridgehead atoms. The molecule has 3 nitrogen and oxygen atoms in total. The number of rotatable bonds is 4. The lowest BCUT2D eigenvalue weighted by atomic mass is 10.3. The van der Waals surface area contributed by atoms with Gasteiger partial charge in [0.15, 0.2) is 0 Å². The highest BCUT2D eigenvalue weighted by molar-refractivity contribution is 6.39. The molecule has 0 atom stereocenters. The van der Waals surface area contributed by atoms with E-state index in [-0.39, 0.29) is 12.2 Å². The van der Waals surface area contributed by atoms with Crippen LogP contribution in [0.4, 0.5) is 15.8 Å². The van der Waals surface area contributed by atoms with E-state index >= 15 is 0 Å². The third-order valence-electron chi connectivity index (χ3n) is 2.54. The van der Waals surface area contributed by atoms with Crippen LogP contribution >= 0.6 is 23.2 Å². The van der Waals surface area contributed by atoms with Gasteiger partial charge in [-0.2, -0.15) is 0 Å². The van der Waals surface area contributed by atoms with Gasteiger partial charge in [0.25, 0.3) is 0 Å². The van der Waals surface area contributed by atoms with Gasteiger partial charge in [0.1, 0.15) is 5.82 Å². The number of benzene rings is 2. The molecule has 6 heteroatoms. The van der Waals surface area contributed by atoms with Gasteiger partial charge in [0.2, 0.25) is 5.91 Å². The fourth-order valence-electron chi connectivity index (χ4n) is 1.59. The Labute approximate surface area is 125 Å². The molecule has 2 N–H and O–H groups in total. The van der Waals surface area contributed by atoms with E-state index in [1.54, 1.807) is 30.3 Å². The van der Waals surface area contributed by atoms with Gasteiger partial charge in [-0.3, -0.25) is 4.79 Å². The van der Waals surface area contributed by atoms with Crippen molar-refractivity contribution in [3.05, 3.63) is 58.3 Å². The van der Waals surface area contributed by atoms with Gasteiger partial charge < -0.3 is 10.6 Å². The van der Waals surface area contributed by atoms with E-state index in [9.17, 15) is 9.18 Å². The molecule has 2 aromatic carbocycles. The van der Waals surface area contributed by atoms with E-state index in [0.717, 1.165) is 0 Å². The number of hydrogen-bond acceptors (Lipinski definition) is 2. The summed E-state index contributed by atoms with van der Waals surface area (Å²) < 4.78 is 13.4. The van der Waals surface area contributed by atoms with Crippen LogP contribution in [0.2, 0.25) is 10.0 Å². The lowest BCUT2D eigenvalue weighted by Crippen LogP contribution is -2.22. The van der Waals surface area contributed by atoms with E-state index in [0.29, 0.717) is 15.7 Å². The predicted octanol–water partition coefficient (Wildman–Crippen LogP) is 4.18. The number of carbonyl (C=O) groups is 1. The summed E-state index contributed by atoms with van der Waals surface area (Å²) in [6.07, 6.45) is 0. The quantitative estimate of drug-likeness (QED) is 0.889. The predicted molar refractivity (Wildman–Crippen MR) is 80.0 cm³/mol. The molecule has 0 aromatic heterocycles. The lowest BCUT2D eigenvalue weighted by molar-refractivity contribution is -0.114. The van der Waals surface area contributed by atoms with Gasteiger partial charge in [0.05, 0.1) is 28.0 Å². The number of para-hydroxylation sites is 2. The lowest BCUT2D eigenvalue weighted by Gasteiger charge is -2.10. The van der Waals surface area contributed by atoms with Crippen LogP contribution in [0.5, 0.6) is 0 Å². The van der Waals surface area contributed by atoms with Gasteiger partial charge in [0, 0.05) is 0 Å². The van der Waals surface area contributed by atoms with Crippen LogP contribution in [0.25, 0.3) is 0 Å². The largest absolute Gasteiger partial charge is 0.374 e. The summed E-state index contributed by atoms with van der Waals surface area (Å²) in [6.45, 7) is -0.0716. The van der Waals surface area contributed by atoms with Gasteiger partial charge in [-0.1, -0.05) is 41.4 Å². The second-order valence-electron chi connectivity index (χ2n) is 3.98. The zero-order valence-corrected chi connectivity index (χ0v) is 11.8. The molecule has 20 heavy (non-hydrogen) atoms. The van der Waals surface area contributed by atoms with Crippen LogP contribution in [0, 0.1) is 5.82 Å². The molecule has 0 unspecified atom stereocenters.